The lowest BCUT2D eigenvalue weighted by Crippen LogP contribution is -2.22. The van der Waals surface area contributed by atoms with Crippen LogP contribution >= 0.6 is 15.9 Å². The summed E-state index contributed by atoms with van der Waals surface area (Å²) in [6, 6.07) is 7.39. The number of benzene rings is 2. The molecule has 1 N–H and O–H groups in total. The third-order valence-corrected chi connectivity index (χ3v) is 6.02. The van der Waals surface area contributed by atoms with Crippen molar-refractivity contribution in [1.82, 2.24) is 4.57 Å². The molecular formula is C20H16BrNO5. The van der Waals surface area contributed by atoms with Gasteiger partial charge in [-0.05, 0) is 58.6 Å². The first-order valence-corrected chi connectivity index (χ1v) is 9.44. The van der Waals surface area contributed by atoms with E-state index < -0.39 is 0 Å². The van der Waals surface area contributed by atoms with Crippen LogP contribution in [0.15, 0.2) is 33.5 Å². The summed E-state index contributed by atoms with van der Waals surface area (Å²) in [5.74, 6) is 1.57. The van der Waals surface area contributed by atoms with Gasteiger partial charge in [0.25, 0.3) is 5.56 Å². The maximum absolute atomic E-state index is 13.3. The lowest BCUT2D eigenvalue weighted by atomic mass is 9.99. The lowest BCUT2D eigenvalue weighted by molar-refractivity contribution is 0.174. The van der Waals surface area contributed by atoms with Crippen molar-refractivity contribution in [2.75, 3.05) is 13.9 Å². The van der Waals surface area contributed by atoms with Gasteiger partial charge in [0, 0.05) is 17.5 Å². The number of pyridine rings is 1. The van der Waals surface area contributed by atoms with E-state index in [0.717, 1.165) is 39.9 Å². The Hall–Kier alpha value is -2.67. The number of ether oxygens (including phenoxy) is 3. The number of methoxy groups -OCH3 is 1. The van der Waals surface area contributed by atoms with Gasteiger partial charge < -0.3 is 23.9 Å². The Kier molecular flexibility index (Phi) is 3.62. The van der Waals surface area contributed by atoms with Crippen molar-refractivity contribution < 1.29 is 19.3 Å². The molecule has 0 unspecified atom stereocenters. The molecule has 0 spiro atoms. The van der Waals surface area contributed by atoms with E-state index in [0.29, 0.717) is 17.7 Å². The van der Waals surface area contributed by atoms with Crippen LogP contribution in [0.5, 0.6) is 23.0 Å². The monoisotopic (exact) mass is 429 g/mol. The molecule has 5 rings (SSSR count). The lowest BCUT2D eigenvalue weighted by Gasteiger charge is -2.17. The quantitative estimate of drug-likeness (QED) is 0.636. The van der Waals surface area contributed by atoms with Gasteiger partial charge in [-0.25, -0.2) is 0 Å². The van der Waals surface area contributed by atoms with Gasteiger partial charge in [-0.2, -0.15) is 0 Å². The fourth-order valence-corrected chi connectivity index (χ4v) is 4.69. The third kappa shape index (κ3) is 2.27. The van der Waals surface area contributed by atoms with Crippen molar-refractivity contribution in [2.45, 2.75) is 19.4 Å². The number of aromatic hydroxyl groups is 1. The van der Waals surface area contributed by atoms with Crippen molar-refractivity contribution in [1.29, 1.82) is 0 Å². The van der Waals surface area contributed by atoms with Crippen molar-refractivity contribution in [3.63, 3.8) is 0 Å². The molecule has 3 heterocycles. The second-order valence-corrected chi connectivity index (χ2v) is 7.42. The number of halogens is 1. The van der Waals surface area contributed by atoms with Gasteiger partial charge in [-0.1, -0.05) is 0 Å². The van der Waals surface area contributed by atoms with Crippen LogP contribution in [-0.4, -0.2) is 23.6 Å². The molecule has 3 aromatic rings. The van der Waals surface area contributed by atoms with E-state index in [4.69, 9.17) is 14.2 Å². The predicted molar refractivity (Wildman–Crippen MR) is 104 cm³/mol. The number of rotatable bonds is 1. The molecule has 1 aromatic heterocycles. The van der Waals surface area contributed by atoms with E-state index in [1.54, 1.807) is 16.7 Å². The van der Waals surface area contributed by atoms with Crippen LogP contribution in [0.4, 0.5) is 0 Å². The molecule has 0 saturated heterocycles. The van der Waals surface area contributed by atoms with Crippen LogP contribution in [0.1, 0.15) is 12.0 Å². The zero-order valence-electron chi connectivity index (χ0n) is 14.5. The second-order valence-electron chi connectivity index (χ2n) is 6.62. The molecule has 0 saturated carbocycles. The normalized spacial score (nSPS) is 14.6. The van der Waals surface area contributed by atoms with Crippen molar-refractivity contribution in [3.8, 4) is 34.3 Å². The molecule has 2 aliphatic heterocycles. The summed E-state index contributed by atoms with van der Waals surface area (Å²) < 4.78 is 18.7. The molecule has 2 aliphatic rings. The van der Waals surface area contributed by atoms with Gasteiger partial charge in [-0.3, -0.25) is 4.79 Å². The zero-order chi connectivity index (χ0) is 18.7. The van der Waals surface area contributed by atoms with Gasteiger partial charge >= 0.3 is 0 Å². The maximum Gasteiger partial charge on any atom is 0.262 e. The minimum absolute atomic E-state index is 0.133. The fraction of sp³-hybridized carbons (Fsp3) is 0.250. The number of phenols is 1. The molecule has 7 heteroatoms. The molecule has 0 atom stereocenters. The minimum atomic E-state index is -0.231. The molecular weight excluding hydrogens is 414 g/mol. The summed E-state index contributed by atoms with van der Waals surface area (Å²) in [7, 11) is 1.47. The summed E-state index contributed by atoms with van der Waals surface area (Å²) in [4.78, 5) is 13.3. The average Bonchev–Trinajstić information content (AvgIpc) is 3.03. The topological polar surface area (TPSA) is 69.9 Å². The number of aryl methyl sites for hydroxylation is 1. The Morgan fingerprint density at radius 3 is 2.78 bits per heavy atom. The molecule has 0 aliphatic carbocycles. The average molecular weight is 430 g/mol. The molecule has 27 heavy (non-hydrogen) atoms. The standard InChI is InChI=1S/C20H16BrNO5/c1-25-13-5-4-11-16(19(13)23)20(24)22-6-2-3-10-7-14-15(27-9-26-14)8-12(10)18(22)17(11)21/h4-5,7-8,23H,2-3,6,9H2,1H3. The number of fused-ring (bicyclic) bond motifs is 5. The van der Waals surface area contributed by atoms with Crippen LogP contribution in [0.3, 0.4) is 0 Å². The van der Waals surface area contributed by atoms with Gasteiger partial charge in [0.05, 0.1) is 22.7 Å². The summed E-state index contributed by atoms with van der Waals surface area (Å²) in [6.45, 7) is 0.762. The van der Waals surface area contributed by atoms with E-state index >= 15 is 0 Å². The number of phenolic OH excluding ortho intramolecular Hbond substituents is 1. The molecule has 2 aromatic carbocycles. The number of hydrogen-bond donors (Lipinski definition) is 1. The predicted octanol–water partition coefficient (Wildman–Crippen LogP) is 3.82. The Balaban J connectivity index is 1.90. The fourth-order valence-electron chi connectivity index (χ4n) is 3.93. The second kappa shape index (κ2) is 5.92. The highest BCUT2D eigenvalue weighted by molar-refractivity contribution is 9.10. The highest BCUT2D eigenvalue weighted by Crippen LogP contribution is 2.45. The van der Waals surface area contributed by atoms with Crippen LogP contribution in [0.25, 0.3) is 22.0 Å². The first-order chi connectivity index (χ1) is 13.1. The molecule has 0 fully saturated rings. The number of hydrogen-bond acceptors (Lipinski definition) is 5. The maximum atomic E-state index is 13.3. The van der Waals surface area contributed by atoms with Crippen LogP contribution in [0, 0.1) is 0 Å². The molecule has 0 amide bonds. The highest BCUT2D eigenvalue weighted by Gasteiger charge is 2.26. The zero-order valence-corrected chi connectivity index (χ0v) is 16.1. The van der Waals surface area contributed by atoms with E-state index in [9.17, 15) is 9.90 Å². The SMILES string of the molecule is COc1ccc2c(Br)c3n(c(=O)c2c1O)CCCc1cc2c(cc1-3)OCO2. The van der Waals surface area contributed by atoms with E-state index in [2.05, 4.69) is 15.9 Å². The Bertz CT molecular complexity index is 1170. The molecule has 0 radical (unpaired) electrons. The molecule has 138 valence electrons. The van der Waals surface area contributed by atoms with Crippen molar-refractivity contribution in [2.24, 2.45) is 0 Å². The number of aromatic nitrogens is 1. The van der Waals surface area contributed by atoms with E-state index in [1.807, 2.05) is 12.1 Å². The van der Waals surface area contributed by atoms with Gasteiger partial charge in [0.2, 0.25) is 6.79 Å². The smallest absolute Gasteiger partial charge is 0.262 e. The highest BCUT2D eigenvalue weighted by atomic mass is 79.9. The van der Waals surface area contributed by atoms with E-state index in [1.165, 1.54) is 7.11 Å². The summed E-state index contributed by atoms with van der Waals surface area (Å²) in [5, 5.41) is 11.5. The largest absolute Gasteiger partial charge is 0.504 e. The van der Waals surface area contributed by atoms with Crippen molar-refractivity contribution in [3.05, 3.63) is 44.7 Å². The Morgan fingerprint density at radius 1 is 1.22 bits per heavy atom. The van der Waals surface area contributed by atoms with E-state index in [-0.39, 0.29) is 29.2 Å². The van der Waals surface area contributed by atoms with Crippen LogP contribution < -0.4 is 19.8 Å². The van der Waals surface area contributed by atoms with Gasteiger partial charge in [0.15, 0.2) is 23.0 Å². The van der Waals surface area contributed by atoms with Crippen molar-refractivity contribution >= 4 is 26.7 Å². The summed E-state index contributed by atoms with van der Waals surface area (Å²) >= 11 is 3.68. The Labute approximate surface area is 163 Å². The first kappa shape index (κ1) is 16.5. The van der Waals surface area contributed by atoms with Crippen LogP contribution in [-0.2, 0) is 13.0 Å². The summed E-state index contributed by atoms with van der Waals surface area (Å²) in [5.41, 5.74) is 2.62. The molecule has 6 nitrogen and oxygen atoms in total. The van der Waals surface area contributed by atoms with Gasteiger partial charge in [0.1, 0.15) is 0 Å². The first-order valence-electron chi connectivity index (χ1n) is 8.65. The number of nitrogens with zero attached hydrogens (tertiary/aromatic N) is 1. The summed E-state index contributed by atoms with van der Waals surface area (Å²) in [6.07, 6.45) is 1.63. The molecule has 0 bridgehead atoms. The third-order valence-electron chi connectivity index (χ3n) is 5.22. The van der Waals surface area contributed by atoms with Gasteiger partial charge in [-0.15, -0.1) is 0 Å². The minimum Gasteiger partial charge on any atom is -0.504 e. The Morgan fingerprint density at radius 2 is 2.00 bits per heavy atom. The van der Waals surface area contributed by atoms with Crippen LogP contribution in [0.2, 0.25) is 0 Å².